The molecule has 1 unspecified atom stereocenters. The molecule has 100 valence electrons. The molecule has 1 aromatic carbocycles. The van der Waals surface area contributed by atoms with Crippen molar-refractivity contribution < 1.29 is 18.7 Å². The molecule has 18 heavy (non-hydrogen) atoms. The van der Waals surface area contributed by atoms with E-state index in [9.17, 15) is 9.18 Å². The van der Waals surface area contributed by atoms with E-state index >= 15 is 0 Å². The van der Waals surface area contributed by atoms with Crippen molar-refractivity contribution in [1.82, 2.24) is 0 Å². The molecule has 0 heterocycles. The Labute approximate surface area is 107 Å². The lowest BCUT2D eigenvalue weighted by molar-refractivity contribution is -0.151. The quantitative estimate of drug-likeness (QED) is 0.731. The van der Waals surface area contributed by atoms with Gasteiger partial charge in [0.15, 0.2) is 17.7 Å². The first kappa shape index (κ1) is 14.5. The van der Waals surface area contributed by atoms with Gasteiger partial charge in [0.1, 0.15) is 0 Å². The van der Waals surface area contributed by atoms with Crippen molar-refractivity contribution in [3.05, 3.63) is 29.6 Å². The maximum Gasteiger partial charge on any atom is 0.347 e. The number of ether oxygens (including phenoxy) is 2. The normalized spacial score (nSPS) is 12.0. The third-order valence-corrected chi connectivity index (χ3v) is 2.46. The summed E-state index contributed by atoms with van der Waals surface area (Å²) >= 11 is 0. The van der Waals surface area contributed by atoms with Crippen LogP contribution in [0.4, 0.5) is 4.39 Å². The van der Waals surface area contributed by atoms with Crippen molar-refractivity contribution in [1.29, 1.82) is 0 Å². The lowest BCUT2D eigenvalue weighted by atomic mass is 10.2. The standard InChI is InChI=1S/C14H19FO3/c1-4-6-12(14(16)17-5-2)18-13-9-10(3)7-8-11(13)15/h7-9,12H,4-6H2,1-3H3. The molecular formula is C14H19FO3. The van der Waals surface area contributed by atoms with Gasteiger partial charge in [0.05, 0.1) is 6.61 Å². The van der Waals surface area contributed by atoms with Crippen LogP contribution in [0.5, 0.6) is 5.75 Å². The molecule has 0 aromatic heterocycles. The summed E-state index contributed by atoms with van der Waals surface area (Å²) in [5.41, 5.74) is 0.880. The molecule has 1 atom stereocenters. The average molecular weight is 254 g/mol. The zero-order valence-electron chi connectivity index (χ0n) is 11.0. The molecule has 0 saturated carbocycles. The average Bonchev–Trinajstić information content (AvgIpc) is 2.33. The summed E-state index contributed by atoms with van der Waals surface area (Å²) in [6, 6.07) is 4.57. The molecule has 0 N–H and O–H groups in total. The number of hydrogen-bond donors (Lipinski definition) is 0. The van der Waals surface area contributed by atoms with Gasteiger partial charge in [0, 0.05) is 0 Å². The van der Waals surface area contributed by atoms with E-state index in [0.717, 1.165) is 12.0 Å². The van der Waals surface area contributed by atoms with Gasteiger partial charge >= 0.3 is 5.97 Å². The molecular weight excluding hydrogens is 235 g/mol. The molecule has 0 saturated heterocycles. The second kappa shape index (κ2) is 6.99. The first-order valence-corrected chi connectivity index (χ1v) is 6.17. The van der Waals surface area contributed by atoms with Crippen LogP contribution in [0.3, 0.4) is 0 Å². The number of aryl methyl sites for hydroxylation is 1. The topological polar surface area (TPSA) is 35.5 Å². The summed E-state index contributed by atoms with van der Waals surface area (Å²) in [6.07, 6.45) is 0.523. The predicted molar refractivity (Wildman–Crippen MR) is 67.1 cm³/mol. The summed E-state index contributed by atoms with van der Waals surface area (Å²) in [5, 5.41) is 0. The Kier molecular flexibility index (Phi) is 5.62. The highest BCUT2D eigenvalue weighted by Crippen LogP contribution is 2.21. The van der Waals surface area contributed by atoms with Crippen LogP contribution in [0.15, 0.2) is 18.2 Å². The lowest BCUT2D eigenvalue weighted by Crippen LogP contribution is -2.29. The molecule has 0 aliphatic heterocycles. The van der Waals surface area contributed by atoms with E-state index in [2.05, 4.69) is 0 Å². The summed E-state index contributed by atoms with van der Waals surface area (Å²) in [4.78, 5) is 11.7. The first-order valence-electron chi connectivity index (χ1n) is 6.17. The van der Waals surface area contributed by atoms with Gasteiger partial charge in [0.2, 0.25) is 0 Å². The second-order valence-corrected chi connectivity index (χ2v) is 4.08. The maximum absolute atomic E-state index is 13.5. The molecule has 0 fully saturated rings. The molecule has 0 aliphatic rings. The predicted octanol–water partition coefficient (Wildman–Crippen LogP) is 3.24. The van der Waals surface area contributed by atoms with Crippen LogP contribution in [-0.4, -0.2) is 18.7 Å². The Bertz CT molecular complexity index is 404. The monoisotopic (exact) mass is 254 g/mol. The van der Waals surface area contributed by atoms with Gasteiger partial charge < -0.3 is 9.47 Å². The molecule has 0 radical (unpaired) electrons. The minimum absolute atomic E-state index is 0.0986. The maximum atomic E-state index is 13.5. The van der Waals surface area contributed by atoms with Crippen molar-refractivity contribution in [2.45, 2.75) is 39.7 Å². The second-order valence-electron chi connectivity index (χ2n) is 4.08. The van der Waals surface area contributed by atoms with E-state index in [1.807, 2.05) is 13.8 Å². The molecule has 3 nitrogen and oxygen atoms in total. The highest BCUT2D eigenvalue weighted by atomic mass is 19.1. The number of carbonyl (C=O) groups excluding carboxylic acids is 1. The SMILES string of the molecule is CCCC(Oc1cc(C)ccc1F)C(=O)OCC. The number of rotatable bonds is 6. The molecule has 0 amide bonds. The zero-order valence-corrected chi connectivity index (χ0v) is 11.0. The Hall–Kier alpha value is -1.58. The van der Waals surface area contributed by atoms with Gasteiger partial charge in [-0.15, -0.1) is 0 Å². The van der Waals surface area contributed by atoms with E-state index in [4.69, 9.17) is 9.47 Å². The van der Waals surface area contributed by atoms with Crippen LogP contribution in [0.25, 0.3) is 0 Å². The fourth-order valence-corrected chi connectivity index (χ4v) is 1.58. The van der Waals surface area contributed by atoms with Crippen LogP contribution in [-0.2, 0) is 9.53 Å². The van der Waals surface area contributed by atoms with Crippen molar-refractivity contribution in [2.75, 3.05) is 6.61 Å². The number of hydrogen-bond acceptors (Lipinski definition) is 3. The lowest BCUT2D eigenvalue weighted by Gasteiger charge is -2.17. The van der Waals surface area contributed by atoms with E-state index in [-0.39, 0.29) is 5.75 Å². The number of esters is 1. The van der Waals surface area contributed by atoms with Gasteiger partial charge in [-0.2, -0.15) is 0 Å². The van der Waals surface area contributed by atoms with Crippen LogP contribution >= 0.6 is 0 Å². The van der Waals surface area contributed by atoms with Crippen molar-refractivity contribution in [3.63, 3.8) is 0 Å². The highest BCUT2D eigenvalue weighted by molar-refractivity contribution is 5.75. The van der Waals surface area contributed by atoms with E-state index < -0.39 is 17.9 Å². The Morgan fingerprint density at radius 3 is 2.72 bits per heavy atom. The van der Waals surface area contributed by atoms with E-state index in [1.54, 1.807) is 19.1 Å². The van der Waals surface area contributed by atoms with Gasteiger partial charge in [0.25, 0.3) is 0 Å². The molecule has 0 aliphatic carbocycles. The highest BCUT2D eigenvalue weighted by Gasteiger charge is 2.22. The minimum Gasteiger partial charge on any atom is -0.476 e. The summed E-state index contributed by atoms with van der Waals surface area (Å²) < 4.78 is 23.9. The van der Waals surface area contributed by atoms with E-state index in [1.165, 1.54) is 6.07 Å². The summed E-state index contributed by atoms with van der Waals surface area (Å²) in [6.45, 7) is 5.79. The third kappa shape index (κ3) is 4.02. The Morgan fingerprint density at radius 2 is 2.11 bits per heavy atom. The van der Waals surface area contributed by atoms with Gasteiger partial charge in [-0.3, -0.25) is 0 Å². The minimum atomic E-state index is -0.744. The number of halogens is 1. The Morgan fingerprint density at radius 1 is 1.39 bits per heavy atom. The summed E-state index contributed by atoms with van der Waals surface area (Å²) in [5.74, 6) is -0.812. The first-order chi connectivity index (χ1) is 8.58. The Balaban J connectivity index is 2.82. The molecule has 1 aromatic rings. The van der Waals surface area contributed by atoms with Gasteiger partial charge in [-0.25, -0.2) is 9.18 Å². The van der Waals surface area contributed by atoms with Crippen LogP contribution in [0.1, 0.15) is 32.3 Å². The molecule has 1 rings (SSSR count). The zero-order chi connectivity index (χ0) is 13.5. The molecule has 0 spiro atoms. The van der Waals surface area contributed by atoms with Crippen molar-refractivity contribution >= 4 is 5.97 Å². The summed E-state index contributed by atoms with van der Waals surface area (Å²) in [7, 11) is 0. The fraction of sp³-hybridized carbons (Fsp3) is 0.500. The van der Waals surface area contributed by atoms with Crippen LogP contribution < -0.4 is 4.74 Å². The third-order valence-electron chi connectivity index (χ3n) is 2.46. The molecule has 4 heteroatoms. The fourth-order valence-electron chi connectivity index (χ4n) is 1.58. The van der Waals surface area contributed by atoms with Crippen molar-refractivity contribution in [2.24, 2.45) is 0 Å². The smallest absolute Gasteiger partial charge is 0.347 e. The van der Waals surface area contributed by atoms with Crippen molar-refractivity contribution in [3.8, 4) is 5.75 Å². The number of carbonyl (C=O) groups is 1. The van der Waals surface area contributed by atoms with Gasteiger partial charge in [-0.05, 0) is 38.0 Å². The molecule has 0 bridgehead atoms. The van der Waals surface area contributed by atoms with E-state index in [0.29, 0.717) is 13.0 Å². The largest absolute Gasteiger partial charge is 0.476 e. The van der Waals surface area contributed by atoms with Crippen LogP contribution in [0.2, 0.25) is 0 Å². The van der Waals surface area contributed by atoms with Gasteiger partial charge in [-0.1, -0.05) is 19.4 Å². The number of benzene rings is 1. The van der Waals surface area contributed by atoms with Crippen LogP contribution in [0, 0.1) is 12.7 Å².